The first-order valence-corrected chi connectivity index (χ1v) is 8.54. The summed E-state index contributed by atoms with van der Waals surface area (Å²) in [6.07, 6.45) is -11.4. The first kappa shape index (κ1) is 22.3. The summed E-state index contributed by atoms with van der Waals surface area (Å²) in [6.45, 7) is 3.35. The fraction of sp³-hybridized carbons (Fsp3) is 0.588. The lowest BCUT2D eigenvalue weighted by Crippen LogP contribution is -2.54. The highest BCUT2D eigenvalue weighted by molar-refractivity contribution is 5.92. The van der Waals surface area contributed by atoms with E-state index in [0.717, 1.165) is 12.1 Å². The Labute approximate surface area is 157 Å². The van der Waals surface area contributed by atoms with E-state index >= 15 is 0 Å². The minimum absolute atomic E-state index is 0.133. The number of aliphatic hydroxyl groups is 1. The van der Waals surface area contributed by atoms with Crippen molar-refractivity contribution in [1.82, 2.24) is 4.90 Å². The molecule has 28 heavy (non-hydrogen) atoms. The van der Waals surface area contributed by atoms with Crippen molar-refractivity contribution < 1.29 is 41.0 Å². The van der Waals surface area contributed by atoms with E-state index in [1.54, 1.807) is 6.92 Å². The van der Waals surface area contributed by atoms with E-state index in [2.05, 4.69) is 0 Å². The molecule has 1 heterocycles. The van der Waals surface area contributed by atoms with Crippen molar-refractivity contribution in [2.24, 2.45) is 0 Å². The van der Waals surface area contributed by atoms with Crippen LogP contribution in [0.1, 0.15) is 18.9 Å². The van der Waals surface area contributed by atoms with Crippen LogP contribution in [-0.2, 0) is 10.3 Å². The minimum atomic E-state index is -5.96. The second-order valence-electron chi connectivity index (χ2n) is 6.29. The second kappa shape index (κ2) is 8.16. The highest BCUT2D eigenvalue weighted by atomic mass is 19.4. The van der Waals surface area contributed by atoms with E-state index in [4.69, 9.17) is 4.74 Å². The van der Waals surface area contributed by atoms with Gasteiger partial charge in [0.2, 0.25) is 0 Å². The van der Waals surface area contributed by atoms with Gasteiger partial charge in [0.25, 0.3) is 5.60 Å². The molecule has 1 aliphatic heterocycles. The maximum Gasteiger partial charge on any atom is 0.430 e. The summed E-state index contributed by atoms with van der Waals surface area (Å²) in [5.74, 6) is 0. The third kappa shape index (κ3) is 4.19. The molecular formula is C17H20F6N2O3. The van der Waals surface area contributed by atoms with E-state index in [1.165, 1.54) is 9.80 Å². The molecule has 2 amide bonds. The molecule has 158 valence electrons. The lowest BCUT2D eigenvalue weighted by atomic mass is 9.92. The van der Waals surface area contributed by atoms with Crippen LogP contribution in [-0.4, -0.2) is 61.2 Å². The average Bonchev–Trinajstić information content (AvgIpc) is 2.64. The predicted octanol–water partition coefficient (Wildman–Crippen LogP) is 3.67. The summed E-state index contributed by atoms with van der Waals surface area (Å²) in [6, 6.07) is 2.58. The average molecular weight is 414 g/mol. The van der Waals surface area contributed by atoms with Gasteiger partial charge >= 0.3 is 18.4 Å². The third-order valence-corrected chi connectivity index (χ3v) is 4.38. The highest BCUT2D eigenvalue weighted by Gasteiger charge is 2.71. The molecule has 0 unspecified atom stereocenters. The van der Waals surface area contributed by atoms with Crippen LogP contribution in [0.5, 0.6) is 0 Å². The van der Waals surface area contributed by atoms with E-state index in [-0.39, 0.29) is 12.2 Å². The Balaban J connectivity index is 2.35. The number of ether oxygens (including phenoxy) is 1. The van der Waals surface area contributed by atoms with Crippen LogP contribution in [0.4, 0.5) is 36.8 Å². The third-order valence-electron chi connectivity index (χ3n) is 4.38. The first-order valence-electron chi connectivity index (χ1n) is 8.54. The monoisotopic (exact) mass is 414 g/mol. The summed E-state index contributed by atoms with van der Waals surface area (Å²) in [7, 11) is 0. The van der Waals surface area contributed by atoms with Crippen LogP contribution in [0.15, 0.2) is 24.3 Å². The Morgan fingerprint density at radius 3 is 2.00 bits per heavy atom. The molecule has 5 nitrogen and oxygen atoms in total. The number of carbonyl (C=O) groups excluding carboxylic acids is 1. The zero-order valence-corrected chi connectivity index (χ0v) is 15.0. The maximum atomic E-state index is 13.0. The van der Waals surface area contributed by atoms with Crippen molar-refractivity contribution >= 4 is 11.7 Å². The Kier molecular flexibility index (Phi) is 6.49. The molecule has 11 heteroatoms. The number of benzene rings is 1. The molecule has 0 bridgehead atoms. The molecule has 2 rings (SSSR count). The fourth-order valence-corrected chi connectivity index (χ4v) is 2.85. The zero-order valence-electron chi connectivity index (χ0n) is 15.0. The maximum absolute atomic E-state index is 13.0. The van der Waals surface area contributed by atoms with Gasteiger partial charge in [0.05, 0.1) is 13.2 Å². The van der Waals surface area contributed by atoms with Crippen molar-refractivity contribution in [3.05, 3.63) is 29.8 Å². The number of halogens is 6. The number of amides is 2. The van der Waals surface area contributed by atoms with Gasteiger partial charge in [-0.15, -0.1) is 0 Å². The number of hydrogen-bond donors (Lipinski definition) is 1. The van der Waals surface area contributed by atoms with Crippen LogP contribution in [0.3, 0.4) is 0 Å². The number of urea groups is 1. The molecule has 1 N–H and O–H groups in total. The molecular weight excluding hydrogens is 394 g/mol. The van der Waals surface area contributed by atoms with Gasteiger partial charge in [0.15, 0.2) is 0 Å². The number of carbonyl (C=O) groups is 1. The van der Waals surface area contributed by atoms with Crippen molar-refractivity contribution in [3.8, 4) is 0 Å². The molecule has 0 saturated carbocycles. The van der Waals surface area contributed by atoms with Gasteiger partial charge in [-0.05, 0) is 18.6 Å². The number of nitrogens with zero attached hydrogens (tertiary/aromatic N) is 2. The van der Waals surface area contributed by atoms with Gasteiger partial charge in [-0.2, -0.15) is 26.3 Å². The summed E-state index contributed by atoms with van der Waals surface area (Å²) < 4.78 is 83.1. The van der Waals surface area contributed by atoms with Crippen molar-refractivity contribution in [3.63, 3.8) is 0 Å². The van der Waals surface area contributed by atoms with E-state index in [1.807, 2.05) is 0 Å². The van der Waals surface area contributed by atoms with Crippen LogP contribution >= 0.6 is 0 Å². The minimum Gasteiger partial charge on any atom is -0.378 e. The summed E-state index contributed by atoms with van der Waals surface area (Å²) in [4.78, 5) is 15.4. The molecule has 1 saturated heterocycles. The molecule has 0 aromatic heterocycles. The molecule has 1 aliphatic rings. The first-order chi connectivity index (χ1) is 12.9. The normalized spacial score (nSPS) is 16.2. The lowest BCUT2D eigenvalue weighted by molar-refractivity contribution is -0.376. The summed E-state index contributed by atoms with van der Waals surface area (Å²) >= 11 is 0. The smallest absolute Gasteiger partial charge is 0.378 e. The molecule has 1 aromatic rings. The molecule has 0 radical (unpaired) electrons. The Morgan fingerprint density at radius 1 is 1.07 bits per heavy atom. The highest BCUT2D eigenvalue weighted by Crippen LogP contribution is 2.50. The van der Waals surface area contributed by atoms with E-state index in [9.17, 15) is 36.2 Å². The Bertz CT molecular complexity index is 655. The van der Waals surface area contributed by atoms with E-state index in [0.29, 0.717) is 44.9 Å². The molecule has 1 fully saturated rings. The SMILES string of the molecule is CCCN(C(=O)N1CCOCC1)c1ccc(C(O)(C(F)(F)F)C(F)(F)F)cc1. The zero-order chi connectivity index (χ0) is 21.2. The summed E-state index contributed by atoms with van der Waals surface area (Å²) in [5, 5.41) is 9.45. The molecule has 1 aromatic carbocycles. The van der Waals surface area contributed by atoms with Crippen molar-refractivity contribution in [1.29, 1.82) is 0 Å². The van der Waals surface area contributed by atoms with Crippen LogP contribution in [0.2, 0.25) is 0 Å². The van der Waals surface area contributed by atoms with Crippen molar-refractivity contribution in [2.45, 2.75) is 31.3 Å². The molecule has 0 atom stereocenters. The number of hydrogen-bond acceptors (Lipinski definition) is 3. The predicted molar refractivity (Wildman–Crippen MR) is 87.9 cm³/mol. The van der Waals surface area contributed by atoms with Crippen LogP contribution in [0, 0.1) is 0 Å². The fourth-order valence-electron chi connectivity index (χ4n) is 2.85. The van der Waals surface area contributed by atoms with Crippen LogP contribution in [0.25, 0.3) is 0 Å². The Morgan fingerprint density at radius 2 is 1.57 bits per heavy atom. The number of anilines is 1. The Hall–Kier alpha value is -2.01. The van der Waals surface area contributed by atoms with Crippen LogP contribution < -0.4 is 4.90 Å². The molecule has 0 aliphatic carbocycles. The van der Waals surface area contributed by atoms with Gasteiger partial charge in [0.1, 0.15) is 0 Å². The topological polar surface area (TPSA) is 53.0 Å². The molecule has 0 spiro atoms. The van der Waals surface area contributed by atoms with Gasteiger partial charge in [-0.3, -0.25) is 4.90 Å². The lowest BCUT2D eigenvalue weighted by Gasteiger charge is -2.34. The number of morpholine rings is 1. The van der Waals surface area contributed by atoms with Gasteiger partial charge < -0.3 is 14.7 Å². The number of rotatable bonds is 4. The largest absolute Gasteiger partial charge is 0.430 e. The quantitative estimate of drug-likeness (QED) is 0.766. The van der Waals surface area contributed by atoms with Crippen molar-refractivity contribution in [2.75, 3.05) is 37.7 Å². The summed E-state index contributed by atoms with van der Waals surface area (Å²) in [5.41, 5.74) is -6.23. The van der Waals surface area contributed by atoms with E-state index < -0.39 is 29.5 Å². The second-order valence-corrected chi connectivity index (χ2v) is 6.29. The van der Waals surface area contributed by atoms with Gasteiger partial charge in [0, 0.05) is 30.9 Å². The van der Waals surface area contributed by atoms with Gasteiger partial charge in [-0.1, -0.05) is 19.1 Å². The van der Waals surface area contributed by atoms with Gasteiger partial charge in [-0.25, -0.2) is 4.79 Å². The number of alkyl halides is 6. The standard InChI is InChI=1S/C17H20F6N2O3/c1-2-7-25(14(26)24-8-10-28-11-9-24)13-5-3-12(4-6-13)15(27,16(18,19)20)17(21,22)23/h3-6,27H,2,7-11H2,1H3.